The molecule has 8 unspecified atom stereocenters. The maximum atomic E-state index is 13.4. The number of carbonyl (C=O) groups excluding carboxylic acids is 2. The Morgan fingerprint density at radius 1 is 0.542 bits per heavy atom. The van der Waals surface area contributed by atoms with E-state index in [0.717, 1.165) is 70.6 Å². The summed E-state index contributed by atoms with van der Waals surface area (Å²) < 4.78 is 17.6. The van der Waals surface area contributed by atoms with E-state index in [1.165, 1.54) is 161 Å². The molecule has 1 saturated heterocycles. The molecule has 11 heteroatoms. The SMILES string of the molecule is CCCCC/C=C\C/C=C\CCCCCCCCCCCC(=O)OC1C(OCC(NC(=O)C(O)CCCCCCCCCCCCCCC)C(O)/C=C/CCCCCCCCCCC)OC(CO)C(O)C1O. The molecule has 0 saturated carbocycles. The van der Waals surface area contributed by atoms with Crippen LogP contribution < -0.4 is 5.32 Å². The van der Waals surface area contributed by atoms with Crippen molar-refractivity contribution in [2.75, 3.05) is 13.2 Å². The molecule has 0 radical (unpaired) electrons. The second kappa shape index (κ2) is 49.7. The second-order valence-corrected chi connectivity index (χ2v) is 21.1. The molecular formula is C61H113NO10. The fourth-order valence-corrected chi connectivity index (χ4v) is 9.45. The van der Waals surface area contributed by atoms with E-state index in [4.69, 9.17) is 14.2 Å². The minimum Gasteiger partial charge on any atom is -0.454 e. The van der Waals surface area contributed by atoms with Crippen LogP contribution in [0, 0.1) is 0 Å². The zero-order chi connectivity index (χ0) is 52.5. The average Bonchev–Trinajstić information content (AvgIpc) is 3.38. The van der Waals surface area contributed by atoms with Crippen LogP contribution in [-0.4, -0.2) is 99.6 Å². The lowest BCUT2D eigenvalue weighted by Gasteiger charge is -2.41. The van der Waals surface area contributed by atoms with Crippen molar-refractivity contribution in [2.24, 2.45) is 0 Å². The van der Waals surface area contributed by atoms with E-state index in [1.807, 2.05) is 6.08 Å². The number of esters is 1. The van der Waals surface area contributed by atoms with E-state index >= 15 is 0 Å². The fourth-order valence-electron chi connectivity index (χ4n) is 9.45. The molecule has 1 amide bonds. The third-order valence-corrected chi connectivity index (χ3v) is 14.3. The summed E-state index contributed by atoms with van der Waals surface area (Å²) in [4.78, 5) is 26.5. The molecule has 1 aliphatic heterocycles. The van der Waals surface area contributed by atoms with Crippen molar-refractivity contribution >= 4 is 11.9 Å². The molecular weight excluding hydrogens is 907 g/mol. The zero-order valence-electron chi connectivity index (χ0n) is 46.6. The number of amides is 1. The molecule has 0 aromatic rings. The van der Waals surface area contributed by atoms with Crippen LogP contribution in [0.15, 0.2) is 36.5 Å². The molecule has 11 nitrogen and oxygen atoms in total. The molecule has 422 valence electrons. The van der Waals surface area contributed by atoms with Crippen LogP contribution in [-0.2, 0) is 23.8 Å². The fraction of sp³-hybridized carbons (Fsp3) is 0.869. The summed E-state index contributed by atoms with van der Waals surface area (Å²) in [6, 6.07) is -1.02. The molecule has 0 aromatic carbocycles. The molecule has 72 heavy (non-hydrogen) atoms. The third kappa shape index (κ3) is 37.6. The highest BCUT2D eigenvalue weighted by Crippen LogP contribution is 2.26. The highest BCUT2D eigenvalue weighted by atomic mass is 16.7. The van der Waals surface area contributed by atoms with Gasteiger partial charge in [0.1, 0.15) is 24.4 Å². The monoisotopic (exact) mass is 1020 g/mol. The molecule has 0 aromatic heterocycles. The van der Waals surface area contributed by atoms with E-state index < -0.39 is 67.4 Å². The first-order valence-electron chi connectivity index (χ1n) is 30.3. The van der Waals surface area contributed by atoms with Crippen LogP contribution in [0.4, 0.5) is 0 Å². The number of carbonyl (C=O) groups is 2. The first-order valence-corrected chi connectivity index (χ1v) is 30.3. The molecule has 6 N–H and O–H groups in total. The van der Waals surface area contributed by atoms with Crippen molar-refractivity contribution in [1.29, 1.82) is 0 Å². The summed E-state index contributed by atoms with van der Waals surface area (Å²) in [5, 5.41) is 56.8. The Balaban J connectivity index is 2.66. The third-order valence-electron chi connectivity index (χ3n) is 14.3. The molecule has 0 aliphatic carbocycles. The number of allylic oxidation sites excluding steroid dienone is 5. The number of aliphatic hydroxyl groups is 5. The minimum atomic E-state index is -1.61. The quantitative estimate of drug-likeness (QED) is 0.0195. The summed E-state index contributed by atoms with van der Waals surface area (Å²) >= 11 is 0. The minimum absolute atomic E-state index is 0.121. The second-order valence-electron chi connectivity index (χ2n) is 21.1. The van der Waals surface area contributed by atoms with E-state index in [2.05, 4.69) is 50.4 Å². The van der Waals surface area contributed by atoms with Crippen molar-refractivity contribution < 1.29 is 49.3 Å². The molecule has 1 fully saturated rings. The van der Waals surface area contributed by atoms with Gasteiger partial charge in [-0.2, -0.15) is 0 Å². The molecule has 1 aliphatic rings. The Bertz CT molecular complexity index is 1310. The van der Waals surface area contributed by atoms with Gasteiger partial charge in [-0.15, -0.1) is 0 Å². The molecule has 1 heterocycles. The average molecular weight is 1020 g/mol. The lowest BCUT2D eigenvalue weighted by atomic mass is 9.99. The Morgan fingerprint density at radius 3 is 1.44 bits per heavy atom. The zero-order valence-corrected chi connectivity index (χ0v) is 46.6. The van der Waals surface area contributed by atoms with Crippen molar-refractivity contribution in [3.8, 4) is 0 Å². The van der Waals surface area contributed by atoms with Crippen LogP contribution in [0.5, 0.6) is 0 Å². The van der Waals surface area contributed by atoms with Crippen molar-refractivity contribution in [3.63, 3.8) is 0 Å². The highest BCUT2D eigenvalue weighted by Gasteiger charge is 2.47. The van der Waals surface area contributed by atoms with Crippen LogP contribution in [0.1, 0.15) is 278 Å². The largest absolute Gasteiger partial charge is 0.454 e. The number of unbranched alkanes of at least 4 members (excludes halogenated alkanes) is 33. The van der Waals surface area contributed by atoms with Crippen LogP contribution >= 0.6 is 0 Å². The number of rotatable bonds is 51. The molecule has 0 spiro atoms. The molecule has 0 bridgehead atoms. The van der Waals surface area contributed by atoms with Crippen molar-refractivity contribution in [2.45, 2.75) is 327 Å². The van der Waals surface area contributed by atoms with Gasteiger partial charge in [0, 0.05) is 6.42 Å². The van der Waals surface area contributed by atoms with Gasteiger partial charge >= 0.3 is 5.97 Å². The van der Waals surface area contributed by atoms with E-state index in [1.54, 1.807) is 6.08 Å². The van der Waals surface area contributed by atoms with E-state index in [9.17, 15) is 35.1 Å². The van der Waals surface area contributed by atoms with Gasteiger partial charge in [-0.05, 0) is 57.8 Å². The Labute approximate surface area is 441 Å². The summed E-state index contributed by atoms with van der Waals surface area (Å²) in [7, 11) is 0. The lowest BCUT2D eigenvalue weighted by molar-refractivity contribution is -0.305. The van der Waals surface area contributed by atoms with Gasteiger partial charge in [0.25, 0.3) is 0 Å². The number of hydrogen-bond donors (Lipinski definition) is 6. The van der Waals surface area contributed by atoms with Crippen LogP contribution in [0.25, 0.3) is 0 Å². The van der Waals surface area contributed by atoms with Gasteiger partial charge in [-0.25, -0.2) is 0 Å². The summed E-state index contributed by atoms with van der Waals surface area (Å²) in [5.41, 5.74) is 0. The van der Waals surface area contributed by atoms with Gasteiger partial charge in [0.05, 0.1) is 25.4 Å². The van der Waals surface area contributed by atoms with Crippen LogP contribution in [0.2, 0.25) is 0 Å². The van der Waals surface area contributed by atoms with Crippen LogP contribution in [0.3, 0.4) is 0 Å². The smallest absolute Gasteiger partial charge is 0.306 e. The summed E-state index contributed by atoms with van der Waals surface area (Å²) in [5.74, 6) is -1.19. The molecule has 1 rings (SSSR count). The van der Waals surface area contributed by atoms with Gasteiger partial charge in [0.2, 0.25) is 5.91 Å². The Morgan fingerprint density at radius 2 is 0.958 bits per heavy atom. The normalized spacial score (nSPS) is 19.7. The lowest BCUT2D eigenvalue weighted by Crippen LogP contribution is -2.61. The van der Waals surface area contributed by atoms with Crippen molar-refractivity contribution in [3.05, 3.63) is 36.5 Å². The topological polar surface area (TPSA) is 175 Å². The standard InChI is InChI=1S/C61H113NO10/c1-4-7-10-13-16-19-22-24-25-26-27-28-29-31-34-37-40-43-46-49-56(66)72-59-58(68)57(67)55(50-63)71-61(59)70-51-52(53(64)47-44-41-38-35-32-21-18-15-12-9-6-3)62-60(69)54(65)48-45-42-39-36-33-30-23-20-17-14-11-8-5-2/h16,19,24-25,44,47,52-55,57-59,61,63-65,67-68H,4-15,17-18,20-23,26-43,45-46,48-51H2,1-3H3,(H,62,69)/b19-16-,25-24-,47-44+. The van der Waals surface area contributed by atoms with Gasteiger partial charge in [-0.3, -0.25) is 9.59 Å². The first-order chi connectivity index (χ1) is 35.2. The highest BCUT2D eigenvalue weighted by molar-refractivity contribution is 5.80. The number of aliphatic hydroxyl groups excluding tert-OH is 5. The van der Waals surface area contributed by atoms with Gasteiger partial charge < -0.3 is 45.1 Å². The van der Waals surface area contributed by atoms with E-state index in [-0.39, 0.29) is 13.0 Å². The van der Waals surface area contributed by atoms with Gasteiger partial charge in [-0.1, -0.05) is 250 Å². The maximum absolute atomic E-state index is 13.4. The molecule has 8 atom stereocenters. The number of ether oxygens (including phenoxy) is 3. The van der Waals surface area contributed by atoms with Crippen molar-refractivity contribution in [1.82, 2.24) is 5.32 Å². The first kappa shape index (κ1) is 67.9. The predicted molar refractivity (Wildman–Crippen MR) is 297 cm³/mol. The van der Waals surface area contributed by atoms with E-state index in [0.29, 0.717) is 19.3 Å². The van der Waals surface area contributed by atoms with Gasteiger partial charge in [0.15, 0.2) is 12.4 Å². The Kier molecular flexibility index (Phi) is 46.9. The maximum Gasteiger partial charge on any atom is 0.306 e. The summed E-state index contributed by atoms with van der Waals surface area (Å²) in [6.07, 6.45) is 47.5. The Hall–Kier alpha value is -2.12. The summed E-state index contributed by atoms with van der Waals surface area (Å²) in [6.45, 7) is 5.76. The number of hydrogen-bond acceptors (Lipinski definition) is 10. The predicted octanol–water partition coefficient (Wildman–Crippen LogP) is 13.9. The number of nitrogens with one attached hydrogen (secondary N) is 1.